The molecule has 0 amide bonds. The number of anilines is 1. The van der Waals surface area contributed by atoms with E-state index in [0.29, 0.717) is 36.1 Å². The Hall–Kier alpha value is -1.58. The Bertz CT molecular complexity index is 325. The first-order chi connectivity index (χ1) is 6.31. The Morgan fingerprint density at radius 2 is 2.08 bits per heavy atom. The minimum Gasteiger partial charge on any atom is -0.497 e. The minimum atomic E-state index is 0.545. The molecule has 1 aromatic carbocycles. The zero-order valence-corrected chi connectivity index (χ0v) is 7.37. The third-order valence-corrected chi connectivity index (χ3v) is 1.88. The molecule has 0 aromatic heterocycles. The normalized spacial score (nSPS) is 13.9. The number of benzene rings is 1. The average Bonchev–Trinajstić information content (AvgIpc) is 2.18. The van der Waals surface area contributed by atoms with E-state index in [0.717, 1.165) is 0 Å². The molecule has 0 bridgehead atoms. The van der Waals surface area contributed by atoms with Crippen molar-refractivity contribution < 1.29 is 14.2 Å². The highest BCUT2D eigenvalue weighted by molar-refractivity contribution is 5.64. The van der Waals surface area contributed by atoms with Crippen LogP contribution in [0.15, 0.2) is 12.1 Å². The number of hydrogen-bond donors (Lipinski definition) is 1. The molecule has 0 saturated carbocycles. The summed E-state index contributed by atoms with van der Waals surface area (Å²) in [5, 5.41) is 0. The largest absolute Gasteiger partial charge is 0.497 e. The molecule has 0 aliphatic carbocycles. The van der Waals surface area contributed by atoms with Crippen molar-refractivity contribution in [2.24, 2.45) is 0 Å². The van der Waals surface area contributed by atoms with Gasteiger partial charge in [-0.15, -0.1) is 0 Å². The second-order valence-electron chi connectivity index (χ2n) is 2.74. The van der Waals surface area contributed by atoms with Crippen molar-refractivity contribution >= 4 is 5.69 Å². The molecule has 1 heterocycles. The van der Waals surface area contributed by atoms with Crippen molar-refractivity contribution in [2.75, 3.05) is 26.1 Å². The first-order valence-electron chi connectivity index (χ1n) is 4.04. The molecule has 0 fully saturated rings. The van der Waals surface area contributed by atoms with Crippen LogP contribution >= 0.6 is 0 Å². The molecule has 0 radical (unpaired) electrons. The summed E-state index contributed by atoms with van der Waals surface area (Å²) in [7, 11) is 1.59. The van der Waals surface area contributed by atoms with E-state index in [1.807, 2.05) is 0 Å². The Morgan fingerprint density at radius 1 is 1.31 bits per heavy atom. The molecule has 0 atom stereocenters. The van der Waals surface area contributed by atoms with Crippen molar-refractivity contribution in [1.82, 2.24) is 0 Å². The quantitative estimate of drug-likeness (QED) is 0.658. The molecule has 2 rings (SSSR count). The van der Waals surface area contributed by atoms with Crippen LogP contribution in [0.3, 0.4) is 0 Å². The van der Waals surface area contributed by atoms with Crippen LogP contribution in [0.5, 0.6) is 17.2 Å². The predicted molar refractivity (Wildman–Crippen MR) is 48.4 cm³/mol. The fraction of sp³-hybridized carbons (Fsp3) is 0.333. The lowest BCUT2D eigenvalue weighted by atomic mass is 10.2. The maximum Gasteiger partial charge on any atom is 0.184 e. The molecule has 4 nitrogen and oxygen atoms in total. The molecule has 13 heavy (non-hydrogen) atoms. The van der Waals surface area contributed by atoms with Gasteiger partial charge in [0.05, 0.1) is 12.8 Å². The fourth-order valence-corrected chi connectivity index (χ4v) is 1.27. The van der Waals surface area contributed by atoms with Gasteiger partial charge in [0.25, 0.3) is 0 Å². The van der Waals surface area contributed by atoms with E-state index in [9.17, 15) is 0 Å². The van der Waals surface area contributed by atoms with Crippen LogP contribution in [-0.4, -0.2) is 20.3 Å². The third kappa shape index (κ3) is 1.35. The Morgan fingerprint density at radius 3 is 2.85 bits per heavy atom. The fourth-order valence-electron chi connectivity index (χ4n) is 1.27. The van der Waals surface area contributed by atoms with Crippen molar-refractivity contribution in [3.05, 3.63) is 12.1 Å². The molecule has 0 unspecified atom stereocenters. The summed E-state index contributed by atoms with van der Waals surface area (Å²) in [4.78, 5) is 0. The number of fused-ring (bicyclic) bond motifs is 1. The number of nitrogen functional groups attached to an aromatic ring is 1. The highest BCUT2D eigenvalue weighted by Crippen LogP contribution is 2.39. The molecule has 0 saturated heterocycles. The van der Waals surface area contributed by atoms with Gasteiger partial charge in [-0.1, -0.05) is 0 Å². The Kier molecular flexibility index (Phi) is 1.88. The van der Waals surface area contributed by atoms with Crippen molar-refractivity contribution in [2.45, 2.75) is 0 Å². The zero-order valence-electron chi connectivity index (χ0n) is 7.37. The lowest BCUT2D eigenvalue weighted by molar-refractivity contribution is 0.172. The molecule has 70 valence electrons. The van der Waals surface area contributed by atoms with E-state index in [-0.39, 0.29) is 0 Å². The van der Waals surface area contributed by atoms with E-state index in [2.05, 4.69) is 0 Å². The van der Waals surface area contributed by atoms with Gasteiger partial charge in [-0.3, -0.25) is 0 Å². The summed E-state index contributed by atoms with van der Waals surface area (Å²) in [5.74, 6) is 1.96. The first kappa shape index (κ1) is 8.04. The van der Waals surface area contributed by atoms with E-state index in [1.54, 1.807) is 19.2 Å². The highest BCUT2D eigenvalue weighted by Gasteiger charge is 2.15. The van der Waals surface area contributed by atoms with E-state index in [4.69, 9.17) is 19.9 Å². The predicted octanol–water partition coefficient (Wildman–Crippen LogP) is 1.05. The number of methoxy groups -OCH3 is 1. The van der Waals surface area contributed by atoms with E-state index >= 15 is 0 Å². The van der Waals surface area contributed by atoms with Gasteiger partial charge < -0.3 is 19.9 Å². The zero-order chi connectivity index (χ0) is 9.26. The van der Waals surface area contributed by atoms with Gasteiger partial charge in [0.1, 0.15) is 19.0 Å². The van der Waals surface area contributed by atoms with Crippen LogP contribution in [0.4, 0.5) is 5.69 Å². The molecule has 0 spiro atoms. The van der Waals surface area contributed by atoms with Crippen LogP contribution in [0.2, 0.25) is 0 Å². The second-order valence-corrected chi connectivity index (χ2v) is 2.74. The smallest absolute Gasteiger partial charge is 0.184 e. The minimum absolute atomic E-state index is 0.545. The lowest BCUT2D eigenvalue weighted by Gasteiger charge is -2.20. The molecular weight excluding hydrogens is 170 g/mol. The monoisotopic (exact) mass is 181 g/mol. The van der Waals surface area contributed by atoms with Gasteiger partial charge in [-0.25, -0.2) is 0 Å². The maximum atomic E-state index is 5.73. The van der Waals surface area contributed by atoms with E-state index in [1.165, 1.54) is 0 Å². The number of nitrogens with two attached hydrogens (primary N) is 1. The Labute approximate surface area is 76.2 Å². The number of ether oxygens (including phenoxy) is 3. The summed E-state index contributed by atoms with van der Waals surface area (Å²) in [5.41, 5.74) is 6.28. The van der Waals surface area contributed by atoms with Crippen molar-refractivity contribution in [3.8, 4) is 17.2 Å². The Balaban J connectivity index is 2.47. The van der Waals surface area contributed by atoms with Gasteiger partial charge in [-0.2, -0.15) is 0 Å². The van der Waals surface area contributed by atoms with Crippen LogP contribution in [0.1, 0.15) is 0 Å². The molecule has 2 N–H and O–H groups in total. The summed E-state index contributed by atoms with van der Waals surface area (Å²) in [6, 6.07) is 3.48. The molecular formula is C9H11NO3. The van der Waals surface area contributed by atoms with E-state index < -0.39 is 0 Å². The van der Waals surface area contributed by atoms with Gasteiger partial charge in [0.15, 0.2) is 11.5 Å². The average molecular weight is 181 g/mol. The number of hydrogen-bond acceptors (Lipinski definition) is 4. The summed E-state index contributed by atoms with van der Waals surface area (Å²) >= 11 is 0. The highest BCUT2D eigenvalue weighted by atomic mass is 16.6. The van der Waals surface area contributed by atoms with Gasteiger partial charge in [-0.05, 0) is 0 Å². The second kappa shape index (κ2) is 3.05. The van der Waals surface area contributed by atoms with Crippen LogP contribution in [0.25, 0.3) is 0 Å². The van der Waals surface area contributed by atoms with Crippen molar-refractivity contribution in [1.29, 1.82) is 0 Å². The molecule has 1 aromatic rings. The summed E-state index contributed by atoms with van der Waals surface area (Å²) in [6.45, 7) is 1.10. The third-order valence-electron chi connectivity index (χ3n) is 1.88. The van der Waals surface area contributed by atoms with Gasteiger partial charge in [0, 0.05) is 12.1 Å². The standard InChI is InChI=1S/C9H11NO3/c1-11-6-4-7(10)9-8(5-6)12-2-3-13-9/h4-5H,2-3,10H2,1H3. The summed E-state index contributed by atoms with van der Waals surface area (Å²) in [6.07, 6.45) is 0. The first-order valence-corrected chi connectivity index (χ1v) is 4.04. The SMILES string of the molecule is COc1cc(N)c2c(c1)OCCO2. The van der Waals surface area contributed by atoms with Crippen LogP contribution in [0, 0.1) is 0 Å². The number of rotatable bonds is 1. The molecule has 1 aliphatic heterocycles. The van der Waals surface area contributed by atoms with Gasteiger partial charge >= 0.3 is 0 Å². The van der Waals surface area contributed by atoms with Crippen LogP contribution < -0.4 is 19.9 Å². The van der Waals surface area contributed by atoms with Gasteiger partial charge in [0.2, 0.25) is 0 Å². The van der Waals surface area contributed by atoms with Crippen LogP contribution in [-0.2, 0) is 0 Å². The topological polar surface area (TPSA) is 53.7 Å². The maximum absolute atomic E-state index is 5.73. The summed E-state index contributed by atoms with van der Waals surface area (Å²) < 4.78 is 15.8. The van der Waals surface area contributed by atoms with Crippen molar-refractivity contribution in [3.63, 3.8) is 0 Å². The lowest BCUT2D eigenvalue weighted by Crippen LogP contribution is -2.16. The molecule has 4 heteroatoms. The molecule has 1 aliphatic rings.